The van der Waals surface area contributed by atoms with Crippen LogP contribution in [0.3, 0.4) is 0 Å². The van der Waals surface area contributed by atoms with Crippen LogP contribution in [0.5, 0.6) is 0 Å². The Morgan fingerprint density at radius 3 is 1.40 bits per heavy atom. The third-order valence-electron chi connectivity index (χ3n) is 18.9. The Morgan fingerprint density at radius 2 is 0.893 bits per heavy atom. The highest BCUT2D eigenvalue weighted by Gasteiger charge is 2.57. The number of rotatable bonds is 3. The minimum Gasteiger partial charge on any atom is -0.299 e. The smallest absolute Gasteiger partial charge is 0.167 e. The lowest BCUT2D eigenvalue weighted by molar-refractivity contribution is -0.137. The molecular formula is C65H80N6O4. The van der Waals surface area contributed by atoms with Crippen LogP contribution >= 0.6 is 0 Å². The Balaban J connectivity index is 0.000000148. The van der Waals surface area contributed by atoms with Gasteiger partial charge in [0, 0.05) is 95.7 Å². The van der Waals surface area contributed by atoms with Crippen LogP contribution in [-0.2, 0) is 64.6 Å². The van der Waals surface area contributed by atoms with E-state index in [4.69, 9.17) is 16.7 Å². The largest absolute Gasteiger partial charge is 0.299 e. The van der Waals surface area contributed by atoms with Crippen molar-refractivity contribution in [3.8, 4) is 33.8 Å². The summed E-state index contributed by atoms with van der Waals surface area (Å²) in [6.45, 7) is 19.1. The third kappa shape index (κ3) is 8.40. The maximum absolute atomic E-state index is 13.1. The number of Topliss-reactive ketones (excluding diaryl/α,β-unsaturated/α-hetero) is 2. The molecule has 0 unspecified atom stereocenters. The lowest BCUT2D eigenvalue weighted by Crippen LogP contribution is -2.52. The van der Waals surface area contributed by atoms with Crippen molar-refractivity contribution in [3.63, 3.8) is 0 Å². The second-order valence-electron chi connectivity index (χ2n) is 24.2. The van der Waals surface area contributed by atoms with Gasteiger partial charge in [-0.05, 0) is 62.0 Å². The van der Waals surface area contributed by atoms with E-state index in [1.165, 1.54) is 46.7 Å². The summed E-state index contributed by atoms with van der Waals surface area (Å²) < 4.78 is 11.6. The first-order valence-corrected chi connectivity index (χ1v) is 26.4. The van der Waals surface area contributed by atoms with Gasteiger partial charge in [0.1, 0.15) is 5.78 Å². The first kappa shape index (κ1) is 53.3. The highest BCUT2D eigenvalue weighted by atomic mass is 16.1. The first-order valence-electron chi connectivity index (χ1n) is 27.4. The van der Waals surface area contributed by atoms with Crippen molar-refractivity contribution < 1.29 is 20.5 Å². The summed E-state index contributed by atoms with van der Waals surface area (Å²) in [6.07, 6.45) is 13.6. The summed E-state index contributed by atoms with van der Waals surface area (Å²) in [7, 11) is 7.22. The van der Waals surface area contributed by atoms with Crippen molar-refractivity contribution in [2.75, 3.05) is 0 Å². The van der Waals surface area contributed by atoms with Gasteiger partial charge in [-0.1, -0.05) is 180 Å². The SMILES string of the molecule is C.Cn1nc2c(c1-c1ccccc1)C(=O)C[C@H]1C(C)(C)C(=O)C=C[C@]21C.Cn1nc2c(c1-c1ccccc1)CC[C@H]1C(C)(C)C(=O)C=C[C@]21C.Cn1nc2c(c1-c1ccccc1)CC[C@H]1C(C)(C)C(=O)CC[C@]21C.[3H]C. The van der Waals surface area contributed by atoms with E-state index < -0.39 is 10.8 Å². The van der Waals surface area contributed by atoms with Crippen LogP contribution in [0.2, 0.25) is 0 Å². The van der Waals surface area contributed by atoms with Gasteiger partial charge in [-0.25, -0.2) is 0 Å². The van der Waals surface area contributed by atoms with Gasteiger partial charge in [0.15, 0.2) is 17.3 Å². The van der Waals surface area contributed by atoms with Crippen molar-refractivity contribution in [1.82, 2.24) is 29.3 Å². The lowest BCUT2D eigenvalue weighted by atomic mass is 9.51. The van der Waals surface area contributed by atoms with Crippen LogP contribution < -0.4 is 0 Å². The summed E-state index contributed by atoms with van der Waals surface area (Å²) >= 11 is 0. The molecule has 3 heterocycles. The van der Waals surface area contributed by atoms with Crippen LogP contribution in [0.4, 0.5) is 0 Å². The fraction of sp³-hybridized carbons (Fsp3) is 0.462. The van der Waals surface area contributed by atoms with Crippen molar-refractivity contribution >= 4 is 23.1 Å². The standard InChI is InChI=1S/C21H22N2O2.C21H26N2O.C21H24N2O.2CH4/c1-20(2)15-12-14(24)17-18(13-8-6-5-7-9-13)23(4)22-19(17)21(15,3)11-10-16(20)25;2*1-20(2)16-11-10-15-18(14-8-6-5-7-9-14)23(4)22-19(15)21(16,3)13-12-17(20)24;;/h5-11,15H,12H2,1-4H3;5-9,16H,10-13H2,1-4H3;5-9,12-13,16H,10-11H2,1-4H3;2*1H4/t15-,21-;2*16-,21-;;/m000../s1/i;;;1T;. The number of hydrogen-bond donors (Lipinski definition) is 0. The number of nitrogens with zero attached hydrogens (tertiary/aromatic N) is 6. The number of hydrogen-bond acceptors (Lipinski definition) is 7. The molecule has 10 nitrogen and oxygen atoms in total. The summed E-state index contributed by atoms with van der Waals surface area (Å²) in [5.74, 6) is 1.45. The minimum atomic E-state index is -0.568. The number of allylic oxidation sites excluding steroid dienone is 4. The molecule has 0 radical (unpaired) electrons. The molecule has 394 valence electrons. The molecule has 1 saturated carbocycles. The quantitative estimate of drug-likeness (QED) is 0.173. The van der Waals surface area contributed by atoms with E-state index in [1.807, 2.05) is 79.8 Å². The Hall–Kier alpha value is -6.55. The van der Waals surface area contributed by atoms with E-state index in [9.17, 15) is 19.2 Å². The summed E-state index contributed by atoms with van der Waals surface area (Å²) in [5.41, 5.74) is 11.7. The van der Waals surface area contributed by atoms with Crippen molar-refractivity contribution in [2.45, 2.75) is 138 Å². The normalized spacial score (nSPS) is 27.1. The summed E-state index contributed by atoms with van der Waals surface area (Å²) in [5, 5.41) is 14.7. The van der Waals surface area contributed by atoms with Gasteiger partial charge in [0.25, 0.3) is 0 Å². The zero-order chi connectivity index (χ0) is 54.2. The number of aryl methyl sites for hydroxylation is 3. The molecule has 0 spiro atoms. The topological polar surface area (TPSA) is 122 Å². The third-order valence-corrected chi connectivity index (χ3v) is 18.9. The molecule has 6 atom stereocenters. The second-order valence-corrected chi connectivity index (χ2v) is 24.2. The van der Waals surface area contributed by atoms with Gasteiger partial charge in [-0.3, -0.25) is 33.2 Å². The molecule has 6 aromatic rings. The number of carbonyl (C=O) groups excluding carboxylic acids is 4. The second kappa shape index (κ2) is 19.2. The zero-order valence-corrected chi connectivity index (χ0v) is 46.0. The van der Waals surface area contributed by atoms with E-state index in [-0.39, 0.29) is 52.4 Å². The molecule has 6 aliphatic rings. The van der Waals surface area contributed by atoms with Crippen LogP contribution in [0.1, 0.15) is 149 Å². The Kier molecular flexibility index (Phi) is 13.7. The molecule has 0 aliphatic heterocycles. The van der Waals surface area contributed by atoms with Crippen molar-refractivity contribution in [3.05, 3.63) is 149 Å². The number of fused-ring (bicyclic) bond motifs is 9. The molecule has 12 rings (SSSR count). The molecule has 0 amide bonds. The van der Waals surface area contributed by atoms with E-state index in [2.05, 4.69) is 121 Å². The first-order chi connectivity index (χ1) is 35.5. The van der Waals surface area contributed by atoms with Gasteiger partial charge in [-0.15, -0.1) is 0 Å². The van der Waals surface area contributed by atoms with Gasteiger partial charge in [0.2, 0.25) is 0 Å². The van der Waals surface area contributed by atoms with Gasteiger partial charge in [0.05, 0.1) is 39.7 Å². The molecule has 0 saturated heterocycles. The monoisotopic (exact) mass is 1010 g/mol. The number of benzene rings is 3. The van der Waals surface area contributed by atoms with Gasteiger partial charge >= 0.3 is 0 Å². The van der Waals surface area contributed by atoms with E-state index in [0.717, 1.165) is 54.7 Å². The Morgan fingerprint density at radius 1 is 0.493 bits per heavy atom. The predicted octanol–water partition coefficient (Wildman–Crippen LogP) is 13.4. The van der Waals surface area contributed by atoms with E-state index in [0.29, 0.717) is 36.0 Å². The molecule has 3 aromatic carbocycles. The molecule has 0 N–H and O–H groups in total. The van der Waals surface area contributed by atoms with Crippen molar-refractivity contribution in [2.24, 2.45) is 55.1 Å². The summed E-state index contributed by atoms with van der Waals surface area (Å²) in [6, 6.07) is 31.0. The molecular weight excluding hydrogens is 929 g/mol. The number of ketones is 4. The molecule has 3 aromatic heterocycles. The highest BCUT2D eigenvalue weighted by Crippen LogP contribution is 2.58. The van der Waals surface area contributed by atoms with Crippen LogP contribution in [0.15, 0.2) is 115 Å². The van der Waals surface area contributed by atoms with Gasteiger partial charge in [-0.2, -0.15) is 15.3 Å². The molecule has 0 bridgehead atoms. The fourth-order valence-corrected chi connectivity index (χ4v) is 14.8. The van der Waals surface area contributed by atoms with Gasteiger partial charge < -0.3 is 0 Å². The maximum atomic E-state index is 13.1. The Labute approximate surface area is 447 Å². The average Bonchev–Trinajstić information content (AvgIpc) is 4.07. The number of carbonyl (C=O) groups is 4. The minimum absolute atomic E-state index is 0. The zero-order valence-electron chi connectivity index (χ0n) is 47.0. The van der Waals surface area contributed by atoms with E-state index >= 15 is 0 Å². The maximum Gasteiger partial charge on any atom is 0.167 e. The molecule has 1 fully saturated rings. The highest BCUT2D eigenvalue weighted by molar-refractivity contribution is 6.06. The predicted molar refractivity (Wildman–Crippen MR) is 301 cm³/mol. The molecule has 10 heteroatoms. The Bertz CT molecular complexity index is 3270. The molecule has 6 aliphatic carbocycles. The summed E-state index contributed by atoms with van der Waals surface area (Å²) in [4.78, 5) is 50.4. The van der Waals surface area contributed by atoms with Crippen LogP contribution in [0.25, 0.3) is 33.8 Å². The lowest BCUT2D eigenvalue weighted by Gasteiger charge is -2.51. The van der Waals surface area contributed by atoms with E-state index in [1.54, 1.807) is 12.2 Å². The molecule has 75 heavy (non-hydrogen) atoms. The fourth-order valence-electron chi connectivity index (χ4n) is 14.8. The van der Waals surface area contributed by atoms with Crippen LogP contribution in [0, 0.1) is 34.0 Å². The van der Waals surface area contributed by atoms with Crippen LogP contribution in [-0.4, -0.2) is 52.5 Å². The number of aromatic nitrogens is 6. The van der Waals surface area contributed by atoms with Crippen molar-refractivity contribution in [1.29, 1.82) is 0 Å². The average molecular weight is 1010 g/mol.